The molecule has 25 heavy (non-hydrogen) atoms. The van der Waals surface area contributed by atoms with Crippen molar-refractivity contribution in [2.45, 2.75) is 86.0 Å². The maximum absolute atomic E-state index is 4.31. The Bertz CT molecular complexity index is 542. The third-order valence-electron chi connectivity index (χ3n) is 6.78. The van der Waals surface area contributed by atoms with Crippen molar-refractivity contribution in [3.8, 4) is 0 Å². The highest BCUT2D eigenvalue weighted by Gasteiger charge is 2.43. The van der Waals surface area contributed by atoms with Crippen LogP contribution in [-0.2, 0) is 0 Å². The van der Waals surface area contributed by atoms with E-state index in [4.69, 9.17) is 0 Å². The third-order valence-corrected chi connectivity index (χ3v) is 6.78. The molecule has 0 heterocycles. The number of hydrogen-bond donors (Lipinski definition) is 0. The van der Waals surface area contributed by atoms with E-state index in [2.05, 4.69) is 65.5 Å². The Hall–Kier alpha value is -1.04. The maximum atomic E-state index is 4.31. The van der Waals surface area contributed by atoms with E-state index in [1.54, 1.807) is 5.57 Å². The van der Waals surface area contributed by atoms with Gasteiger partial charge in [-0.05, 0) is 88.4 Å². The Labute approximate surface area is 157 Å². The van der Waals surface area contributed by atoms with Crippen LogP contribution in [0.25, 0.3) is 0 Å². The molecule has 0 unspecified atom stereocenters. The van der Waals surface area contributed by atoms with Gasteiger partial charge in [0.15, 0.2) is 0 Å². The van der Waals surface area contributed by atoms with Gasteiger partial charge in [0, 0.05) is 0 Å². The number of hydrogen-bond acceptors (Lipinski definition) is 0. The minimum absolute atomic E-state index is 0.351. The second-order valence-corrected chi connectivity index (χ2v) is 9.27. The fourth-order valence-electron chi connectivity index (χ4n) is 4.93. The Kier molecular flexibility index (Phi) is 7.35. The van der Waals surface area contributed by atoms with Gasteiger partial charge in [0.25, 0.3) is 0 Å². The molecule has 2 aliphatic rings. The van der Waals surface area contributed by atoms with Crippen LogP contribution in [0.5, 0.6) is 0 Å². The average Bonchev–Trinajstić information content (AvgIpc) is 2.87. The van der Waals surface area contributed by atoms with Crippen molar-refractivity contribution >= 4 is 0 Å². The molecular weight excluding hydrogens is 300 g/mol. The van der Waals surface area contributed by atoms with E-state index in [-0.39, 0.29) is 0 Å². The molecule has 1 fully saturated rings. The zero-order valence-corrected chi connectivity index (χ0v) is 17.4. The van der Waals surface area contributed by atoms with Crippen molar-refractivity contribution < 1.29 is 0 Å². The van der Waals surface area contributed by atoms with Gasteiger partial charge in [-0.3, -0.25) is 0 Å². The second-order valence-electron chi connectivity index (χ2n) is 9.27. The van der Waals surface area contributed by atoms with E-state index in [9.17, 15) is 0 Å². The maximum Gasteiger partial charge on any atom is -0.0112 e. The van der Waals surface area contributed by atoms with E-state index in [0.29, 0.717) is 5.41 Å². The summed E-state index contributed by atoms with van der Waals surface area (Å²) >= 11 is 0. The van der Waals surface area contributed by atoms with Crippen LogP contribution < -0.4 is 0 Å². The molecule has 1 saturated carbocycles. The van der Waals surface area contributed by atoms with Crippen molar-refractivity contribution in [3.63, 3.8) is 0 Å². The number of allylic oxidation sites excluding steroid dienone is 7. The van der Waals surface area contributed by atoms with E-state index in [1.165, 1.54) is 49.7 Å². The predicted octanol–water partition coefficient (Wildman–Crippen LogP) is 8.03. The minimum Gasteiger partial charge on any atom is -0.0958 e. The van der Waals surface area contributed by atoms with Gasteiger partial charge in [0.05, 0.1) is 0 Å². The van der Waals surface area contributed by atoms with Gasteiger partial charge in [0.2, 0.25) is 0 Å². The molecule has 3 atom stereocenters. The Morgan fingerprint density at radius 3 is 2.32 bits per heavy atom. The van der Waals surface area contributed by atoms with Gasteiger partial charge in [-0.2, -0.15) is 0 Å². The molecule has 0 spiro atoms. The van der Waals surface area contributed by atoms with E-state index in [1.807, 2.05) is 0 Å². The van der Waals surface area contributed by atoms with Crippen LogP contribution in [0.1, 0.15) is 86.0 Å². The summed E-state index contributed by atoms with van der Waals surface area (Å²) in [6.07, 6.45) is 19.7. The summed E-state index contributed by atoms with van der Waals surface area (Å²) in [5.41, 5.74) is 4.76. The summed E-state index contributed by atoms with van der Waals surface area (Å²) in [7, 11) is 0. The quantitative estimate of drug-likeness (QED) is 0.424. The largest absolute Gasteiger partial charge is 0.0958 e. The SMILES string of the molecule is C=C1C=C[C@@]2(C)CC[C@@H](C(C)C)[C@@H]2CCC(C)=CCCC(C)=CCC1. The summed E-state index contributed by atoms with van der Waals surface area (Å²) in [5, 5.41) is 0. The van der Waals surface area contributed by atoms with Crippen molar-refractivity contribution in [2.24, 2.45) is 23.2 Å². The van der Waals surface area contributed by atoms with E-state index >= 15 is 0 Å². The van der Waals surface area contributed by atoms with Crippen molar-refractivity contribution in [2.75, 3.05) is 0 Å². The van der Waals surface area contributed by atoms with Crippen LogP contribution in [0.15, 0.2) is 47.6 Å². The normalized spacial score (nSPS) is 32.6. The predicted molar refractivity (Wildman–Crippen MR) is 113 cm³/mol. The van der Waals surface area contributed by atoms with Crippen molar-refractivity contribution in [3.05, 3.63) is 47.6 Å². The van der Waals surface area contributed by atoms with Crippen LogP contribution in [0.2, 0.25) is 0 Å². The first kappa shape index (κ1) is 20.3. The highest BCUT2D eigenvalue weighted by Crippen LogP contribution is 2.52. The first-order chi connectivity index (χ1) is 11.8. The summed E-state index contributed by atoms with van der Waals surface area (Å²) in [6, 6.07) is 0. The molecule has 0 bridgehead atoms. The molecule has 0 nitrogen and oxygen atoms in total. The van der Waals surface area contributed by atoms with Gasteiger partial charge in [-0.1, -0.05) is 68.4 Å². The van der Waals surface area contributed by atoms with Gasteiger partial charge in [0.1, 0.15) is 0 Å². The highest BCUT2D eigenvalue weighted by molar-refractivity contribution is 5.20. The van der Waals surface area contributed by atoms with Gasteiger partial charge in [-0.25, -0.2) is 0 Å². The molecule has 0 aliphatic heterocycles. The lowest BCUT2D eigenvalue weighted by Gasteiger charge is -2.34. The molecule has 2 rings (SSSR count). The van der Waals surface area contributed by atoms with Crippen LogP contribution >= 0.6 is 0 Å². The molecule has 0 amide bonds. The van der Waals surface area contributed by atoms with Gasteiger partial charge in [-0.15, -0.1) is 0 Å². The zero-order chi connectivity index (χ0) is 18.4. The Morgan fingerprint density at radius 2 is 1.64 bits per heavy atom. The molecule has 0 heteroatoms. The molecule has 0 aromatic heterocycles. The lowest BCUT2D eigenvalue weighted by molar-refractivity contribution is 0.198. The fraction of sp³-hybridized carbons (Fsp3) is 0.680. The first-order valence-corrected chi connectivity index (χ1v) is 10.5. The summed E-state index contributed by atoms with van der Waals surface area (Å²) < 4.78 is 0. The smallest absolute Gasteiger partial charge is 0.0112 e. The standard InChI is InChI=1S/C25H40/c1-19(2)23-16-18-25(6)17-15-22(5)12-8-10-20(3)9-7-11-21(4)13-14-24(23)25/h10-11,15,17,19,23-24H,5,7-9,12-14,16,18H2,1-4,6H3/t23-,24-,25-/m0/s1. The molecule has 0 radical (unpaired) electrons. The Morgan fingerprint density at radius 1 is 1.00 bits per heavy atom. The molecule has 140 valence electrons. The van der Waals surface area contributed by atoms with Gasteiger partial charge < -0.3 is 0 Å². The topological polar surface area (TPSA) is 0 Å². The van der Waals surface area contributed by atoms with Crippen molar-refractivity contribution in [1.29, 1.82) is 0 Å². The van der Waals surface area contributed by atoms with Crippen molar-refractivity contribution in [1.82, 2.24) is 0 Å². The molecule has 2 aliphatic carbocycles. The summed E-state index contributed by atoms with van der Waals surface area (Å²) in [6.45, 7) is 16.3. The summed E-state index contributed by atoms with van der Waals surface area (Å²) in [5.74, 6) is 2.47. The summed E-state index contributed by atoms with van der Waals surface area (Å²) in [4.78, 5) is 0. The third kappa shape index (κ3) is 5.73. The number of rotatable bonds is 1. The van der Waals surface area contributed by atoms with Crippen LogP contribution in [-0.4, -0.2) is 0 Å². The lowest BCUT2D eigenvalue weighted by atomic mass is 9.71. The monoisotopic (exact) mass is 340 g/mol. The zero-order valence-electron chi connectivity index (χ0n) is 17.4. The molecule has 0 aromatic rings. The molecule has 0 N–H and O–H groups in total. The van der Waals surface area contributed by atoms with Crippen LogP contribution in [0, 0.1) is 23.2 Å². The van der Waals surface area contributed by atoms with Crippen LogP contribution in [0.4, 0.5) is 0 Å². The average molecular weight is 341 g/mol. The van der Waals surface area contributed by atoms with E-state index < -0.39 is 0 Å². The Balaban J connectivity index is 2.23. The van der Waals surface area contributed by atoms with E-state index in [0.717, 1.165) is 30.6 Å². The lowest BCUT2D eigenvalue weighted by Crippen LogP contribution is -2.26. The molecular formula is C25H40. The highest BCUT2D eigenvalue weighted by atomic mass is 14.5. The van der Waals surface area contributed by atoms with Crippen LogP contribution in [0.3, 0.4) is 0 Å². The number of fused-ring (bicyclic) bond motifs is 1. The molecule has 0 saturated heterocycles. The molecule has 0 aromatic carbocycles. The minimum atomic E-state index is 0.351. The van der Waals surface area contributed by atoms with Gasteiger partial charge >= 0.3 is 0 Å². The fourth-order valence-corrected chi connectivity index (χ4v) is 4.93. The second kappa shape index (κ2) is 9.06. The first-order valence-electron chi connectivity index (χ1n) is 10.5.